The van der Waals surface area contributed by atoms with E-state index in [0.29, 0.717) is 30.4 Å². The maximum absolute atomic E-state index is 5.84. The molecule has 5 rings (SSSR count). The average molecular weight is 507 g/mol. The van der Waals surface area contributed by atoms with Crippen LogP contribution in [0.2, 0.25) is 0 Å². The molecule has 0 radical (unpaired) electrons. The lowest BCUT2D eigenvalue weighted by Crippen LogP contribution is -2.30. The number of rotatable bonds is 7. The minimum atomic E-state index is 0.365. The van der Waals surface area contributed by atoms with E-state index in [0.717, 1.165) is 59.2 Å². The summed E-state index contributed by atoms with van der Waals surface area (Å²) in [6, 6.07) is 14.7. The van der Waals surface area contributed by atoms with Gasteiger partial charge in [0, 0.05) is 24.3 Å². The van der Waals surface area contributed by atoms with Gasteiger partial charge in [0.2, 0.25) is 11.9 Å². The summed E-state index contributed by atoms with van der Waals surface area (Å²) in [5.41, 5.74) is 9.77. The Hall–Kier alpha value is -3.04. The van der Waals surface area contributed by atoms with E-state index in [9.17, 15) is 0 Å². The normalized spacial score (nSPS) is 18.4. The molecule has 0 amide bonds. The Balaban J connectivity index is 1.31. The van der Waals surface area contributed by atoms with Gasteiger partial charge in [-0.1, -0.05) is 30.3 Å². The maximum Gasteiger partial charge on any atom is 0.229 e. The number of nitrogens with zero attached hydrogens (tertiary/aromatic N) is 5. The van der Waals surface area contributed by atoms with E-state index in [4.69, 9.17) is 10.7 Å². The highest BCUT2D eigenvalue weighted by molar-refractivity contribution is 9.10. The largest absolute Gasteiger partial charge is 0.351 e. The van der Waals surface area contributed by atoms with Crippen LogP contribution in [-0.2, 0) is 6.54 Å². The average Bonchev–Trinajstić information content (AvgIpc) is 3.24. The second kappa shape index (κ2) is 9.84. The Morgan fingerprint density at radius 2 is 1.85 bits per heavy atom. The zero-order valence-corrected chi connectivity index (χ0v) is 19.9. The van der Waals surface area contributed by atoms with Crippen LogP contribution < -0.4 is 16.4 Å². The van der Waals surface area contributed by atoms with Crippen LogP contribution in [0.15, 0.2) is 59.3 Å². The van der Waals surface area contributed by atoms with Gasteiger partial charge in [-0.2, -0.15) is 19.6 Å². The summed E-state index contributed by atoms with van der Waals surface area (Å²) in [6.07, 6.45) is 8.01. The van der Waals surface area contributed by atoms with Crippen molar-refractivity contribution in [3.05, 3.63) is 64.9 Å². The van der Waals surface area contributed by atoms with Gasteiger partial charge in [-0.05, 0) is 71.8 Å². The van der Waals surface area contributed by atoms with Crippen molar-refractivity contribution in [2.24, 2.45) is 11.7 Å². The lowest BCUT2D eigenvalue weighted by Gasteiger charge is -2.28. The second-order valence-corrected chi connectivity index (χ2v) is 9.32. The van der Waals surface area contributed by atoms with E-state index < -0.39 is 0 Å². The molecule has 3 heterocycles. The van der Waals surface area contributed by atoms with Gasteiger partial charge in [-0.3, -0.25) is 4.98 Å². The monoisotopic (exact) mass is 506 g/mol. The van der Waals surface area contributed by atoms with Crippen LogP contribution in [0.4, 0.5) is 11.9 Å². The molecule has 170 valence electrons. The molecule has 0 saturated heterocycles. The molecule has 1 fully saturated rings. The Kier molecular flexibility index (Phi) is 6.50. The van der Waals surface area contributed by atoms with Crippen LogP contribution in [0.1, 0.15) is 31.2 Å². The first-order valence-electron chi connectivity index (χ1n) is 11.3. The van der Waals surface area contributed by atoms with E-state index in [1.165, 1.54) is 0 Å². The highest BCUT2D eigenvalue weighted by Gasteiger charge is 2.21. The highest BCUT2D eigenvalue weighted by atomic mass is 79.9. The topological polar surface area (TPSA) is 106 Å². The van der Waals surface area contributed by atoms with Crippen molar-refractivity contribution >= 4 is 33.5 Å². The van der Waals surface area contributed by atoms with Crippen LogP contribution in [0.3, 0.4) is 0 Å². The van der Waals surface area contributed by atoms with Gasteiger partial charge >= 0.3 is 0 Å². The minimum Gasteiger partial charge on any atom is -0.351 e. The van der Waals surface area contributed by atoms with Crippen molar-refractivity contribution in [2.45, 2.75) is 38.3 Å². The fraction of sp³-hybridized carbons (Fsp3) is 0.333. The number of halogens is 1. The molecule has 1 aromatic carbocycles. The molecule has 4 aromatic rings. The van der Waals surface area contributed by atoms with Crippen molar-refractivity contribution in [2.75, 3.05) is 17.2 Å². The van der Waals surface area contributed by atoms with Gasteiger partial charge in [0.15, 0.2) is 5.65 Å². The molecular formula is C24H27BrN8. The van der Waals surface area contributed by atoms with Crippen molar-refractivity contribution in [3.8, 4) is 11.3 Å². The van der Waals surface area contributed by atoms with Gasteiger partial charge in [-0.15, -0.1) is 0 Å². The Bertz CT molecular complexity index is 1200. The predicted octanol–water partition coefficient (Wildman–Crippen LogP) is 4.49. The van der Waals surface area contributed by atoms with E-state index in [1.54, 1.807) is 10.7 Å². The second-order valence-electron chi connectivity index (χ2n) is 8.46. The van der Waals surface area contributed by atoms with Crippen LogP contribution in [0.25, 0.3) is 16.9 Å². The lowest BCUT2D eigenvalue weighted by atomic mass is 9.86. The van der Waals surface area contributed by atoms with Crippen LogP contribution in [-0.4, -0.2) is 37.2 Å². The van der Waals surface area contributed by atoms with E-state index >= 15 is 0 Å². The smallest absolute Gasteiger partial charge is 0.229 e. The summed E-state index contributed by atoms with van der Waals surface area (Å²) in [5.74, 6) is 1.90. The molecule has 0 atom stereocenters. The number of nitrogens with two attached hydrogens (primary N) is 1. The van der Waals surface area contributed by atoms with Crippen LogP contribution >= 0.6 is 15.9 Å². The fourth-order valence-electron chi connectivity index (χ4n) is 4.26. The molecule has 9 heteroatoms. The maximum atomic E-state index is 5.84. The van der Waals surface area contributed by atoms with Gasteiger partial charge in [0.05, 0.1) is 16.4 Å². The van der Waals surface area contributed by atoms with Gasteiger partial charge < -0.3 is 16.4 Å². The number of hydrogen-bond acceptors (Lipinski definition) is 7. The van der Waals surface area contributed by atoms with Gasteiger partial charge in [0.25, 0.3) is 0 Å². The quantitative estimate of drug-likeness (QED) is 0.339. The first kappa shape index (κ1) is 21.8. The van der Waals surface area contributed by atoms with Crippen molar-refractivity contribution < 1.29 is 0 Å². The molecule has 0 aliphatic heterocycles. The summed E-state index contributed by atoms with van der Waals surface area (Å²) >= 11 is 3.55. The first-order valence-corrected chi connectivity index (χ1v) is 12.1. The molecule has 1 aliphatic rings. The molecule has 1 saturated carbocycles. The van der Waals surface area contributed by atoms with E-state index in [2.05, 4.69) is 65.9 Å². The Labute approximate surface area is 201 Å². The summed E-state index contributed by atoms with van der Waals surface area (Å²) in [4.78, 5) is 13.8. The molecular weight excluding hydrogens is 480 g/mol. The third-order valence-electron chi connectivity index (χ3n) is 6.20. The van der Waals surface area contributed by atoms with E-state index in [-0.39, 0.29) is 0 Å². The molecule has 1 aliphatic carbocycles. The summed E-state index contributed by atoms with van der Waals surface area (Å²) in [6.45, 7) is 1.39. The number of fused-ring (bicyclic) bond motifs is 1. The number of aromatic nitrogens is 5. The zero-order chi connectivity index (χ0) is 22.6. The van der Waals surface area contributed by atoms with Crippen molar-refractivity contribution in [1.29, 1.82) is 0 Å². The number of benzene rings is 1. The molecule has 3 aromatic heterocycles. The number of hydrogen-bond donors (Lipinski definition) is 3. The molecule has 8 nitrogen and oxygen atoms in total. The first-order chi connectivity index (χ1) is 16.2. The molecule has 0 bridgehead atoms. The van der Waals surface area contributed by atoms with Crippen molar-refractivity contribution in [3.63, 3.8) is 0 Å². The number of nitrogens with one attached hydrogen (secondary N) is 2. The molecule has 4 N–H and O–H groups in total. The molecule has 0 spiro atoms. The fourth-order valence-corrected chi connectivity index (χ4v) is 4.61. The van der Waals surface area contributed by atoms with Crippen LogP contribution in [0, 0.1) is 5.92 Å². The van der Waals surface area contributed by atoms with Gasteiger partial charge in [0.1, 0.15) is 0 Å². The van der Waals surface area contributed by atoms with E-state index in [1.807, 2.05) is 24.4 Å². The van der Waals surface area contributed by atoms with Crippen LogP contribution in [0.5, 0.6) is 0 Å². The third-order valence-corrected chi connectivity index (χ3v) is 6.76. The third kappa shape index (κ3) is 4.99. The zero-order valence-electron chi connectivity index (χ0n) is 18.3. The number of anilines is 2. The summed E-state index contributed by atoms with van der Waals surface area (Å²) in [5, 5.41) is 11.4. The SMILES string of the molecule is NCC1CCC(Nc2nc(NCc3ccc(-c4ccccn4)cc3)n3ncc(Br)c3n2)CC1. The Morgan fingerprint density at radius 1 is 1.03 bits per heavy atom. The highest BCUT2D eigenvalue weighted by Crippen LogP contribution is 2.26. The Morgan fingerprint density at radius 3 is 2.58 bits per heavy atom. The summed E-state index contributed by atoms with van der Waals surface area (Å²) in [7, 11) is 0. The predicted molar refractivity (Wildman–Crippen MR) is 134 cm³/mol. The summed E-state index contributed by atoms with van der Waals surface area (Å²) < 4.78 is 2.56. The lowest BCUT2D eigenvalue weighted by molar-refractivity contribution is 0.344. The van der Waals surface area contributed by atoms with Gasteiger partial charge in [-0.25, -0.2) is 0 Å². The molecule has 0 unspecified atom stereocenters. The van der Waals surface area contributed by atoms with Crippen molar-refractivity contribution in [1.82, 2.24) is 24.6 Å². The molecule has 33 heavy (non-hydrogen) atoms. The number of pyridine rings is 1. The minimum absolute atomic E-state index is 0.365. The standard InChI is InChI=1S/C24H27BrN8/c25-20-15-29-33-22(20)31-23(30-19-10-6-16(13-26)7-11-19)32-24(33)28-14-17-4-8-18(9-5-17)21-3-1-2-12-27-21/h1-5,8-9,12,15-16,19H,6-7,10-11,13-14,26H2,(H2,28,30,31,32).